The standard InChI is InChI=1S/C22H21ClN4O4/c1-12(2)11-27-17-6-5-14(10-16(17)24-21(28)22(27)29)20-25-19(31-26-20)9-13-4-7-18(30-3)15(23)8-13/h4-8,10,12H,9,11H2,1-3H3,(H,24,28). The zero-order valence-electron chi connectivity index (χ0n) is 17.3. The van der Waals surface area contributed by atoms with Crippen LogP contribution in [0.1, 0.15) is 25.3 Å². The zero-order valence-corrected chi connectivity index (χ0v) is 18.1. The van der Waals surface area contributed by atoms with Crippen molar-refractivity contribution in [3.8, 4) is 17.1 Å². The summed E-state index contributed by atoms with van der Waals surface area (Å²) >= 11 is 6.18. The first kappa shape index (κ1) is 20.9. The van der Waals surface area contributed by atoms with Crippen LogP contribution in [0.25, 0.3) is 22.4 Å². The fraction of sp³-hybridized carbons (Fsp3) is 0.273. The van der Waals surface area contributed by atoms with Gasteiger partial charge in [-0.15, -0.1) is 0 Å². The average Bonchev–Trinajstić information content (AvgIpc) is 3.19. The van der Waals surface area contributed by atoms with Crippen LogP contribution in [0, 0.1) is 5.92 Å². The highest BCUT2D eigenvalue weighted by Gasteiger charge is 2.14. The first-order chi connectivity index (χ1) is 14.9. The molecule has 0 aliphatic heterocycles. The van der Waals surface area contributed by atoms with Crippen LogP contribution >= 0.6 is 11.6 Å². The van der Waals surface area contributed by atoms with E-state index in [2.05, 4.69) is 15.1 Å². The van der Waals surface area contributed by atoms with E-state index in [-0.39, 0.29) is 5.92 Å². The Labute approximate surface area is 182 Å². The monoisotopic (exact) mass is 440 g/mol. The molecule has 0 saturated carbocycles. The number of methoxy groups -OCH3 is 1. The Morgan fingerprint density at radius 1 is 1.19 bits per heavy atom. The van der Waals surface area contributed by atoms with Crippen LogP contribution in [0.3, 0.4) is 0 Å². The second kappa shape index (κ2) is 8.39. The van der Waals surface area contributed by atoms with E-state index >= 15 is 0 Å². The molecule has 2 aromatic heterocycles. The van der Waals surface area contributed by atoms with Crippen molar-refractivity contribution in [2.75, 3.05) is 7.11 Å². The van der Waals surface area contributed by atoms with Gasteiger partial charge in [-0.1, -0.05) is 36.7 Å². The predicted molar refractivity (Wildman–Crippen MR) is 118 cm³/mol. The first-order valence-electron chi connectivity index (χ1n) is 9.78. The molecule has 0 saturated heterocycles. The average molecular weight is 441 g/mol. The van der Waals surface area contributed by atoms with Crippen molar-refractivity contribution < 1.29 is 9.26 Å². The van der Waals surface area contributed by atoms with E-state index in [9.17, 15) is 9.59 Å². The molecular formula is C22H21ClN4O4. The maximum absolute atomic E-state index is 12.3. The molecule has 1 N–H and O–H groups in total. The second-order valence-electron chi connectivity index (χ2n) is 7.65. The number of fused-ring (bicyclic) bond motifs is 1. The van der Waals surface area contributed by atoms with Gasteiger partial charge in [-0.3, -0.25) is 9.59 Å². The van der Waals surface area contributed by atoms with Crippen LogP contribution in [-0.2, 0) is 13.0 Å². The normalized spacial score (nSPS) is 11.4. The van der Waals surface area contributed by atoms with E-state index in [1.54, 1.807) is 37.4 Å². The molecule has 0 aliphatic rings. The summed E-state index contributed by atoms with van der Waals surface area (Å²) in [7, 11) is 1.56. The molecule has 0 fully saturated rings. The Hall–Kier alpha value is -3.39. The van der Waals surface area contributed by atoms with Crippen LogP contribution in [0.2, 0.25) is 5.02 Å². The number of rotatable bonds is 6. The van der Waals surface area contributed by atoms with Gasteiger partial charge in [-0.25, -0.2) is 0 Å². The van der Waals surface area contributed by atoms with Crippen LogP contribution in [0.4, 0.5) is 0 Å². The molecule has 0 aliphatic carbocycles. The number of H-pyrrole nitrogens is 1. The molecule has 2 aromatic carbocycles. The number of halogens is 1. The lowest BCUT2D eigenvalue weighted by Crippen LogP contribution is -2.37. The number of aromatic nitrogens is 4. The summed E-state index contributed by atoms with van der Waals surface area (Å²) in [5.41, 5.74) is 1.54. The van der Waals surface area contributed by atoms with Crippen LogP contribution in [-0.4, -0.2) is 26.8 Å². The molecule has 2 heterocycles. The van der Waals surface area contributed by atoms with E-state index < -0.39 is 11.1 Å². The number of nitrogens with zero attached hydrogens (tertiary/aromatic N) is 3. The fourth-order valence-corrected chi connectivity index (χ4v) is 3.68. The Morgan fingerprint density at radius 3 is 2.71 bits per heavy atom. The van der Waals surface area contributed by atoms with E-state index in [1.165, 1.54) is 4.57 Å². The third kappa shape index (κ3) is 4.25. The van der Waals surface area contributed by atoms with E-state index in [1.807, 2.05) is 19.9 Å². The molecule has 31 heavy (non-hydrogen) atoms. The number of ether oxygens (including phenoxy) is 1. The van der Waals surface area contributed by atoms with Gasteiger partial charge in [0.15, 0.2) is 0 Å². The lowest BCUT2D eigenvalue weighted by atomic mass is 10.1. The summed E-state index contributed by atoms with van der Waals surface area (Å²) in [5, 5.41) is 4.56. The highest BCUT2D eigenvalue weighted by molar-refractivity contribution is 6.32. The summed E-state index contributed by atoms with van der Waals surface area (Å²) in [6, 6.07) is 10.8. The fourth-order valence-electron chi connectivity index (χ4n) is 3.40. The largest absolute Gasteiger partial charge is 0.495 e. The number of hydrogen-bond donors (Lipinski definition) is 1. The number of benzene rings is 2. The van der Waals surface area contributed by atoms with Crippen molar-refractivity contribution in [1.29, 1.82) is 0 Å². The third-order valence-corrected chi connectivity index (χ3v) is 5.12. The first-order valence-corrected chi connectivity index (χ1v) is 10.2. The Bertz CT molecular complexity index is 1370. The Kier molecular flexibility index (Phi) is 5.65. The second-order valence-corrected chi connectivity index (χ2v) is 8.06. The Morgan fingerprint density at radius 2 is 2.00 bits per heavy atom. The molecule has 0 atom stereocenters. The van der Waals surface area contributed by atoms with Crippen molar-refractivity contribution >= 4 is 22.6 Å². The van der Waals surface area contributed by atoms with Gasteiger partial charge in [0.05, 0.1) is 29.6 Å². The lowest BCUT2D eigenvalue weighted by Gasteiger charge is -2.12. The number of hydrogen-bond acceptors (Lipinski definition) is 6. The molecule has 0 bridgehead atoms. The number of nitrogens with one attached hydrogen (secondary N) is 1. The van der Waals surface area contributed by atoms with Gasteiger partial charge in [-0.2, -0.15) is 4.98 Å². The van der Waals surface area contributed by atoms with Crippen LogP contribution < -0.4 is 15.9 Å². The maximum atomic E-state index is 12.3. The van der Waals surface area contributed by atoms with Crippen molar-refractivity contribution in [2.45, 2.75) is 26.8 Å². The minimum absolute atomic E-state index is 0.216. The number of aromatic amines is 1. The van der Waals surface area contributed by atoms with Gasteiger partial charge in [-0.05, 0) is 41.8 Å². The molecule has 9 heteroatoms. The minimum Gasteiger partial charge on any atom is -0.495 e. The molecular weight excluding hydrogens is 420 g/mol. The molecule has 4 rings (SSSR count). The van der Waals surface area contributed by atoms with Crippen molar-refractivity contribution in [2.24, 2.45) is 5.92 Å². The molecule has 0 unspecified atom stereocenters. The van der Waals surface area contributed by atoms with Crippen LogP contribution in [0.5, 0.6) is 5.75 Å². The Balaban J connectivity index is 1.66. The van der Waals surface area contributed by atoms with Gasteiger partial charge in [0, 0.05) is 12.1 Å². The molecule has 4 aromatic rings. The van der Waals surface area contributed by atoms with E-state index in [0.717, 1.165) is 5.56 Å². The van der Waals surface area contributed by atoms with Gasteiger partial charge >= 0.3 is 11.1 Å². The van der Waals surface area contributed by atoms with Crippen molar-refractivity contribution in [3.05, 3.63) is 73.6 Å². The molecule has 160 valence electrons. The van der Waals surface area contributed by atoms with Crippen LogP contribution in [0.15, 0.2) is 50.5 Å². The molecule has 8 nitrogen and oxygen atoms in total. The zero-order chi connectivity index (χ0) is 22.1. The van der Waals surface area contributed by atoms with Crippen molar-refractivity contribution in [3.63, 3.8) is 0 Å². The summed E-state index contributed by atoms with van der Waals surface area (Å²) in [6.45, 7) is 4.44. The summed E-state index contributed by atoms with van der Waals surface area (Å²) in [5.74, 6) is 1.62. The van der Waals surface area contributed by atoms with Crippen molar-refractivity contribution in [1.82, 2.24) is 19.7 Å². The predicted octanol–water partition coefficient (Wildman–Crippen LogP) is 3.65. The molecule has 0 spiro atoms. The van der Waals surface area contributed by atoms with E-state index in [4.69, 9.17) is 20.9 Å². The summed E-state index contributed by atoms with van der Waals surface area (Å²) in [6.07, 6.45) is 0.412. The highest BCUT2D eigenvalue weighted by Crippen LogP contribution is 2.26. The minimum atomic E-state index is -0.657. The molecule has 0 amide bonds. The smallest absolute Gasteiger partial charge is 0.316 e. The summed E-state index contributed by atoms with van der Waals surface area (Å²) < 4.78 is 12.0. The maximum Gasteiger partial charge on any atom is 0.316 e. The summed E-state index contributed by atoms with van der Waals surface area (Å²) in [4.78, 5) is 31.5. The lowest BCUT2D eigenvalue weighted by molar-refractivity contribution is 0.385. The van der Waals surface area contributed by atoms with Gasteiger partial charge in [0.25, 0.3) is 0 Å². The third-order valence-electron chi connectivity index (χ3n) is 4.82. The quantitative estimate of drug-likeness (QED) is 0.459. The SMILES string of the molecule is COc1ccc(Cc2nc(-c3ccc4c(c3)[nH]c(=O)c(=O)n4CC(C)C)no2)cc1Cl. The molecule has 0 radical (unpaired) electrons. The topological polar surface area (TPSA) is 103 Å². The van der Waals surface area contributed by atoms with Gasteiger partial charge in [0.1, 0.15) is 5.75 Å². The van der Waals surface area contributed by atoms with E-state index in [0.29, 0.717) is 52.0 Å². The van der Waals surface area contributed by atoms with Gasteiger partial charge in [0.2, 0.25) is 11.7 Å². The van der Waals surface area contributed by atoms with Gasteiger partial charge < -0.3 is 18.8 Å². The highest BCUT2D eigenvalue weighted by atomic mass is 35.5.